The van der Waals surface area contributed by atoms with E-state index < -0.39 is 10.3 Å². The Bertz CT molecular complexity index is 1690. The Labute approximate surface area is 414 Å². The molecule has 67 heavy (non-hydrogen) atoms. The first kappa shape index (κ1) is 58.1. The quantitative estimate of drug-likeness (QED) is 0.0214. The molecule has 1 aliphatic heterocycles. The number of ketones is 1. The van der Waals surface area contributed by atoms with E-state index in [9.17, 15) is 19.7 Å². The first-order valence-corrected chi connectivity index (χ1v) is 28.2. The van der Waals surface area contributed by atoms with Crippen LogP contribution >= 0.6 is 11.6 Å². The van der Waals surface area contributed by atoms with E-state index in [2.05, 4.69) is 38.7 Å². The summed E-state index contributed by atoms with van der Waals surface area (Å²) in [5.41, 5.74) is 2.97. The van der Waals surface area contributed by atoms with E-state index in [1.165, 1.54) is 205 Å². The van der Waals surface area contributed by atoms with E-state index in [-0.39, 0.29) is 41.6 Å². The fourth-order valence-electron chi connectivity index (χ4n) is 9.99. The summed E-state index contributed by atoms with van der Waals surface area (Å²) < 4.78 is 5.53. The van der Waals surface area contributed by atoms with Crippen molar-refractivity contribution in [2.75, 3.05) is 18.1 Å². The van der Waals surface area contributed by atoms with Crippen molar-refractivity contribution in [1.29, 1.82) is 0 Å². The number of benzene rings is 1. The number of nitrogens with zero attached hydrogens (tertiary/aromatic N) is 2. The van der Waals surface area contributed by atoms with Crippen molar-refractivity contribution < 1.29 is 19.2 Å². The van der Waals surface area contributed by atoms with E-state index in [1.54, 1.807) is 6.08 Å². The van der Waals surface area contributed by atoms with Gasteiger partial charge in [-0.3, -0.25) is 19.7 Å². The minimum atomic E-state index is -0.491. The highest BCUT2D eigenvalue weighted by Crippen LogP contribution is 2.49. The Balaban J connectivity index is 1.38. The molecular formula is C59H95ClN2O5. The normalized spacial score (nSPS) is 15.7. The van der Waals surface area contributed by atoms with Crippen LogP contribution < -0.4 is 4.90 Å². The van der Waals surface area contributed by atoms with Gasteiger partial charge in [0.1, 0.15) is 6.61 Å². The van der Waals surface area contributed by atoms with Crippen LogP contribution in [0.15, 0.2) is 65.0 Å². The van der Waals surface area contributed by atoms with Crippen molar-refractivity contribution in [1.82, 2.24) is 0 Å². The van der Waals surface area contributed by atoms with Gasteiger partial charge < -0.3 is 9.64 Å². The van der Waals surface area contributed by atoms with Crippen LogP contribution in [0.3, 0.4) is 0 Å². The van der Waals surface area contributed by atoms with Crippen LogP contribution in [0, 0.1) is 10.1 Å². The first-order valence-electron chi connectivity index (χ1n) is 27.9. The Kier molecular flexibility index (Phi) is 31.1. The standard InChI is InChI=1S/C59H95ClN2O5/c1-5-7-9-11-13-15-17-19-21-23-24-25-26-28-30-32-34-36-38-40-57(63)67-49-51-47-53(62(65)66)46-50(58(51)64)41-44-56-59(3,4)54-48-52(60)42-43-55(54)61(56)45-39-37-35-33-31-29-27-22-20-18-16-14-12-10-8-6-2/h41-44,46-48H,5-40,45,49H2,1-4H3/b50-41+,56-44+. The second-order valence-electron chi connectivity index (χ2n) is 20.5. The highest BCUT2D eigenvalue weighted by Gasteiger charge is 2.40. The molecule has 0 unspecified atom stereocenters. The van der Waals surface area contributed by atoms with Gasteiger partial charge in [-0.05, 0) is 48.8 Å². The third kappa shape index (κ3) is 23.8. The number of allylic oxidation sites excluding steroid dienone is 6. The fraction of sp³-hybridized carbons (Fsp3) is 0.729. The van der Waals surface area contributed by atoms with Gasteiger partial charge in [0.25, 0.3) is 5.70 Å². The number of esters is 1. The number of anilines is 1. The lowest BCUT2D eigenvalue weighted by molar-refractivity contribution is -0.419. The molecule has 0 atom stereocenters. The van der Waals surface area contributed by atoms with Crippen LogP contribution in [0.25, 0.3) is 0 Å². The molecule has 3 rings (SSSR count). The molecular weight excluding hydrogens is 852 g/mol. The van der Waals surface area contributed by atoms with E-state index in [0.29, 0.717) is 5.02 Å². The van der Waals surface area contributed by atoms with Crippen LogP contribution in [-0.4, -0.2) is 29.8 Å². The number of ether oxygens (including phenoxy) is 1. The Morgan fingerprint density at radius 1 is 0.627 bits per heavy atom. The number of carbonyl (C=O) groups is 2. The average molecular weight is 948 g/mol. The molecule has 7 nitrogen and oxygen atoms in total. The van der Waals surface area contributed by atoms with E-state index in [1.807, 2.05) is 18.2 Å². The fourth-order valence-corrected chi connectivity index (χ4v) is 10.2. The molecule has 0 fully saturated rings. The summed E-state index contributed by atoms with van der Waals surface area (Å²) in [6, 6.07) is 6.03. The monoisotopic (exact) mass is 947 g/mol. The van der Waals surface area contributed by atoms with Gasteiger partial charge >= 0.3 is 5.97 Å². The summed E-state index contributed by atoms with van der Waals surface area (Å²) in [7, 11) is 0. The molecule has 0 radical (unpaired) electrons. The lowest BCUT2D eigenvalue weighted by atomic mass is 9.83. The van der Waals surface area contributed by atoms with Crippen molar-refractivity contribution in [2.24, 2.45) is 0 Å². The van der Waals surface area contributed by atoms with Crippen LogP contribution in [-0.2, 0) is 19.7 Å². The van der Waals surface area contributed by atoms with Gasteiger partial charge in [-0.1, -0.05) is 251 Å². The molecule has 0 bridgehead atoms. The van der Waals surface area contributed by atoms with Gasteiger partial charge in [0.05, 0.1) is 4.92 Å². The van der Waals surface area contributed by atoms with Gasteiger partial charge in [0, 0.05) is 58.1 Å². The zero-order valence-electron chi connectivity index (χ0n) is 43.2. The molecule has 1 aromatic carbocycles. The van der Waals surface area contributed by atoms with E-state index in [4.69, 9.17) is 16.3 Å². The molecule has 8 heteroatoms. The molecule has 1 heterocycles. The molecule has 2 aliphatic rings. The predicted octanol–water partition coefficient (Wildman–Crippen LogP) is 18.5. The third-order valence-electron chi connectivity index (χ3n) is 14.3. The molecule has 1 aromatic rings. The van der Waals surface area contributed by atoms with Crippen LogP contribution in [0.2, 0.25) is 5.02 Å². The Morgan fingerprint density at radius 2 is 1.04 bits per heavy atom. The summed E-state index contributed by atoms with van der Waals surface area (Å²) in [5, 5.41) is 12.7. The first-order chi connectivity index (χ1) is 32.6. The third-order valence-corrected chi connectivity index (χ3v) is 14.5. The van der Waals surface area contributed by atoms with Gasteiger partial charge in [-0.15, -0.1) is 0 Å². The summed E-state index contributed by atoms with van der Waals surface area (Å²) in [6.07, 6.45) is 52.1. The molecule has 0 spiro atoms. The summed E-state index contributed by atoms with van der Waals surface area (Å²) >= 11 is 6.52. The average Bonchev–Trinajstić information content (AvgIpc) is 3.52. The molecule has 0 saturated carbocycles. The summed E-state index contributed by atoms with van der Waals surface area (Å²) in [5.74, 6) is -0.737. The number of rotatable bonds is 41. The number of halogens is 1. The maximum atomic E-state index is 13.7. The molecule has 0 saturated heterocycles. The minimum Gasteiger partial charge on any atom is -0.461 e. The van der Waals surface area contributed by atoms with Crippen molar-refractivity contribution in [3.05, 3.63) is 85.7 Å². The predicted molar refractivity (Wildman–Crippen MR) is 285 cm³/mol. The number of hydrogen-bond donors (Lipinski definition) is 0. The largest absolute Gasteiger partial charge is 0.461 e. The smallest absolute Gasteiger partial charge is 0.306 e. The second kappa shape index (κ2) is 35.9. The van der Waals surface area contributed by atoms with Crippen LogP contribution in [0.4, 0.5) is 5.69 Å². The van der Waals surface area contributed by atoms with Crippen LogP contribution in [0.5, 0.6) is 0 Å². The molecule has 378 valence electrons. The summed E-state index contributed by atoms with van der Waals surface area (Å²) in [6.45, 7) is 9.42. The van der Waals surface area contributed by atoms with E-state index >= 15 is 0 Å². The minimum absolute atomic E-state index is 0.117. The molecule has 1 aliphatic carbocycles. The lowest BCUT2D eigenvalue weighted by Crippen LogP contribution is -2.27. The van der Waals surface area contributed by atoms with Crippen molar-refractivity contribution in [3.63, 3.8) is 0 Å². The SMILES string of the molecule is CCCCCCCCCCCCCCCCCCCCCC(=O)OCC1=CC([N+](=O)[O-])=C/C(=C\C=C2\N(CCCCCCCCCCCCCCCCCC)c3ccc(Cl)cc3C2(C)C)C1=O. The highest BCUT2D eigenvalue weighted by molar-refractivity contribution is 6.30. The number of unbranched alkanes of at least 4 members (excludes halogenated alkanes) is 33. The van der Waals surface area contributed by atoms with Gasteiger partial charge in [0.15, 0.2) is 5.78 Å². The number of Topliss-reactive ketones (excluding diaryl/α,β-unsaturated/α-hetero) is 1. The highest BCUT2D eigenvalue weighted by atomic mass is 35.5. The maximum absolute atomic E-state index is 13.7. The number of carbonyl (C=O) groups excluding carboxylic acids is 2. The second-order valence-corrected chi connectivity index (χ2v) is 21.0. The molecule has 0 amide bonds. The van der Waals surface area contributed by atoms with Gasteiger partial charge in [0.2, 0.25) is 0 Å². The Morgan fingerprint density at radius 3 is 1.48 bits per heavy atom. The number of nitro groups is 1. The Hall–Kier alpha value is -3.19. The number of hydrogen-bond acceptors (Lipinski definition) is 6. The summed E-state index contributed by atoms with van der Waals surface area (Å²) in [4.78, 5) is 40.3. The number of fused-ring (bicyclic) bond motifs is 1. The zero-order chi connectivity index (χ0) is 48.4. The van der Waals surface area contributed by atoms with Gasteiger partial charge in [-0.2, -0.15) is 0 Å². The van der Waals surface area contributed by atoms with Crippen LogP contribution in [0.1, 0.15) is 264 Å². The topological polar surface area (TPSA) is 89.8 Å². The zero-order valence-corrected chi connectivity index (χ0v) is 44.0. The van der Waals surface area contributed by atoms with Crippen molar-refractivity contribution >= 4 is 29.0 Å². The molecule has 0 aromatic heterocycles. The maximum Gasteiger partial charge on any atom is 0.306 e. The van der Waals surface area contributed by atoms with Crippen molar-refractivity contribution in [2.45, 2.75) is 264 Å². The molecule has 0 N–H and O–H groups in total. The van der Waals surface area contributed by atoms with Gasteiger partial charge in [-0.25, -0.2) is 0 Å². The van der Waals surface area contributed by atoms with Crippen molar-refractivity contribution in [3.8, 4) is 0 Å². The lowest BCUT2D eigenvalue weighted by Gasteiger charge is -2.27. The van der Waals surface area contributed by atoms with E-state index in [0.717, 1.165) is 55.6 Å².